The minimum absolute atomic E-state index is 0.364. The van der Waals surface area contributed by atoms with E-state index < -0.39 is 8.56 Å². The van der Waals surface area contributed by atoms with Crippen molar-refractivity contribution in [2.45, 2.75) is 111 Å². The second-order valence-corrected chi connectivity index (χ2v) is 10.1. The van der Waals surface area contributed by atoms with Crippen LogP contribution in [0.2, 0.25) is 12.1 Å². The molecular weight excluding hydrogens is 276 g/mol. The van der Waals surface area contributed by atoms with E-state index in [4.69, 9.17) is 8.85 Å². The van der Waals surface area contributed by atoms with Gasteiger partial charge < -0.3 is 8.85 Å². The third kappa shape index (κ3) is 10.5. The molecule has 128 valence electrons. The molecule has 0 aromatic rings. The van der Waals surface area contributed by atoms with Crippen molar-refractivity contribution in [2.24, 2.45) is 0 Å². The van der Waals surface area contributed by atoms with Crippen LogP contribution in [0.5, 0.6) is 0 Å². The maximum absolute atomic E-state index is 6.43. The molecule has 0 spiro atoms. The molecule has 0 N–H and O–H groups in total. The zero-order chi connectivity index (χ0) is 16.0. The zero-order valence-corrected chi connectivity index (χ0v) is 16.4. The van der Waals surface area contributed by atoms with Crippen LogP contribution in [0.1, 0.15) is 92.4 Å². The van der Waals surface area contributed by atoms with Crippen molar-refractivity contribution in [3.05, 3.63) is 0 Å². The third-order valence-electron chi connectivity index (χ3n) is 4.32. The van der Waals surface area contributed by atoms with Gasteiger partial charge in [0.2, 0.25) is 0 Å². The molecule has 0 rings (SSSR count). The molecule has 0 saturated heterocycles. The molecule has 0 aliphatic heterocycles. The summed E-state index contributed by atoms with van der Waals surface area (Å²) in [4.78, 5) is 0. The normalized spacial score (nSPS) is 13.6. The summed E-state index contributed by atoms with van der Waals surface area (Å²) in [5.74, 6) is 0. The lowest BCUT2D eigenvalue weighted by Gasteiger charge is -2.32. The summed E-state index contributed by atoms with van der Waals surface area (Å²) < 4.78 is 12.7. The summed E-state index contributed by atoms with van der Waals surface area (Å²) in [7, 11) is -1.94. The Morgan fingerprint density at radius 3 is 1.90 bits per heavy atom. The predicted octanol–water partition coefficient (Wildman–Crippen LogP) is 6.44. The van der Waals surface area contributed by atoms with E-state index in [2.05, 4.69) is 34.6 Å². The van der Waals surface area contributed by atoms with Crippen LogP contribution in [0.15, 0.2) is 0 Å². The SMILES string of the molecule is CCCCCCCO[Si](CC)(CC)OC(C)CCCCC. The van der Waals surface area contributed by atoms with Gasteiger partial charge in [0.25, 0.3) is 0 Å². The van der Waals surface area contributed by atoms with Crippen LogP contribution < -0.4 is 0 Å². The molecule has 0 fully saturated rings. The Morgan fingerprint density at radius 2 is 1.33 bits per heavy atom. The highest BCUT2D eigenvalue weighted by Gasteiger charge is 2.35. The topological polar surface area (TPSA) is 18.5 Å². The smallest absolute Gasteiger partial charge is 0.337 e. The van der Waals surface area contributed by atoms with Gasteiger partial charge in [-0.25, -0.2) is 0 Å². The lowest BCUT2D eigenvalue weighted by Crippen LogP contribution is -2.43. The first-order valence-corrected chi connectivity index (χ1v) is 11.7. The van der Waals surface area contributed by atoms with Crippen molar-refractivity contribution in [1.82, 2.24) is 0 Å². The number of unbranched alkanes of at least 4 members (excludes halogenated alkanes) is 6. The molecule has 0 aliphatic rings. The summed E-state index contributed by atoms with van der Waals surface area (Å²) in [6.07, 6.45) is 11.9. The Kier molecular flexibility index (Phi) is 13.9. The van der Waals surface area contributed by atoms with E-state index in [0.29, 0.717) is 6.10 Å². The fraction of sp³-hybridized carbons (Fsp3) is 1.00. The van der Waals surface area contributed by atoms with Gasteiger partial charge in [-0.3, -0.25) is 0 Å². The van der Waals surface area contributed by atoms with E-state index in [1.54, 1.807) is 0 Å². The van der Waals surface area contributed by atoms with Gasteiger partial charge >= 0.3 is 8.56 Å². The van der Waals surface area contributed by atoms with Crippen LogP contribution in [-0.2, 0) is 8.85 Å². The van der Waals surface area contributed by atoms with Crippen LogP contribution >= 0.6 is 0 Å². The first-order chi connectivity index (χ1) is 10.1. The van der Waals surface area contributed by atoms with E-state index in [9.17, 15) is 0 Å². The maximum Gasteiger partial charge on any atom is 0.337 e. The van der Waals surface area contributed by atoms with Crippen molar-refractivity contribution < 1.29 is 8.85 Å². The fourth-order valence-electron chi connectivity index (χ4n) is 2.73. The second-order valence-electron chi connectivity index (χ2n) is 6.30. The van der Waals surface area contributed by atoms with E-state index in [0.717, 1.165) is 18.7 Å². The number of hydrogen-bond donors (Lipinski definition) is 0. The summed E-state index contributed by atoms with van der Waals surface area (Å²) in [6, 6.07) is 2.16. The lowest BCUT2D eigenvalue weighted by molar-refractivity contribution is 0.114. The molecule has 2 nitrogen and oxygen atoms in total. The fourth-order valence-corrected chi connectivity index (χ4v) is 5.40. The summed E-state index contributed by atoms with van der Waals surface area (Å²) >= 11 is 0. The molecule has 0 aromatic carbocycles. The third-order valence-corrected chi connectivity index (χ3v) is 8.04. The molecule has 0 aromatic heterocycles. The Hall–Kier alpha value is 0.137. The molecular formula is C18H40O2Si. The highest BCUT2D eigenvalue weighted by atomic mass is 28.4. The molecule has 0 saturated carbocycles. The van der Waals surface area contributed by atoms with Gasteiger partial charge in [-0.15, -0.1) is 0 Å². The van der Waals surface area contributed by atoms with Crippen LogP contribution in [-0.4, -0.2) is 21.3 Å². The average molecular weight is 317 g/mol. The molecule has 1 unspecified atom stereocenters. The second kappa shape index (κ2) is 13.8. The molecule has 0 heterocycles. The van der Waals surface area contributed by atoms with Crippen molar-refractivity contribution in [1.29, 1.82) is 0 Å². The van der Waals surface area contributed by atoms with Crippen LogP contribution in [0.3, 0.4) is 0 Å². The first-order valence-electron chi connectivity index (χ1n) is 9.45. The Balaban J connectivity index is 4.04. The van der Waals surface area contributed by atoms with Crippen LogP contribution in [0.4, 0.5) is 0 Å². The van der Waals surface area contributed by atoms with E-state index in [1.165, 1.54) is 57.8 Å². The van der Waals surface area contributed by atoms with Gasteiger partial charge in [0.1, 0.15) is 0 Å². The minimum atomic E-state index is -1.94. The Bertz CT molecular complexity index is 217. The zero-order valence-electron chi connectivity index (χ0n) is 15.4. The molecule has 0 radical (unpaired) electrons. The Morgan fingerprint density at radius 1 is 0.762 bits per heavy atom. The minimum Gasteiger partial charge on any atom is -0.394 e. The highest BCUT2D eigenvalue weighted by molar-refractivity contribution is 6.67. The molecule has 3 heteroatoms. The predicted molar refractivity (Wildman–Crippen MR) is 96.1 cm³/mol. The van der Waals surface area contributed by atoms with Gasteiger partial charge in [0.15, 0.2) is 0 Å². The monoisotopic (exact) mass is 316 g/mol. The summed E-state index contributed by atoms with van der Waals surface area (Å²) in [5, 5.41) is 0. The summed E-state index contributed by atoms with van der Waals surface area (Å²) in [5.41, 5.74) is 0. The first kappa shape index (κ1) is 21.1. The average Bonchev–Trinajstić information content (AvgIpc) is 2.50. The van der Waals surface area contributed by atoms with E-state index >= 15 is 0 Å². The molecule has 0 bridgehead atoms. The van der Waals surface area contributed by atoms with Crippen LogP contribution in [0, 0.1) is 0 Å². The molecule has 1 atom stereocenters. The summed E-state index contributed by atoms with van der Waals surface area (Å²) in [6.45, 7) is 12.1. The lowest BCUT2D eigenvalue weighted by atomic mass is 10.1. The van der Waals surface area contributed by atoms with Crippen molar-refractivity contribution in [3.63, 3.8) is 0 Å². The van der Waals surface area contributed by atoms with Gasteiger partial charge in [-0.05, 0) is 31.9 Å². The molecule has 0 aliphatic carbocycles. The van der Waals surface area contributed by atoms with Crippen molar-refractivity contribution >= 4 is 8.56 Å². The van der Waals surface area contributed by atoms with Crippen molar-refractivity contribution in [2.75, 3.05) is 6.61 Å². The quantitative estimate of drug-likeness (QED) is 0.255. The van der Waals surface area contributed by atoms with Gasteiger partial charge in [-0.2, -0.15) is 0 Å². The number of hydrogen-bond acceptors (Lipinski definition) is 2. The van der Waals surface area contributed by atoms with Gasteiger partial charge in [0.05, 0.1) is 0 Å². The Labute approximate surface area is 135 Å². The standard InChI is InChI=1S/C18H40O2Si/c1-6-10-12-13-15-17-19-21(8-3,9-4)20-18(5)16-14-11-7-2/h18H,6-17H2,1-5H3. The van der Waals surface area contributed by atoms with E-state index in [-0.39, 0.29) is 0 Å². The van der Waals surface area contributed by atoms with Gasteiger partial charge in [-0.1, -0.05) is 72.6 Å². The van der Waals surface area contributed by atoms with Crippen LogP contribution in [0.25, 0.3) is 0 Å². The van der Waals surface area contributed by atoms with Gasteiger partial charge in [0, 0.05) is 12.7 Å². The van der Waals surface area contributed by atoms with Crippen molar-refractivity contribution in [3.8, 4) is 0 Å². The number of rotatable bonds is 15. The maximum atomic E-state index is 6.43. The van der Waals surface area contributed by atoms with E-state index in [1.807, 2.05) is 0 Å². The molecule has 21 heavy (non-hydrogen) atoms. The molecule has 0 amide bonds. The largest absolute Gasteiger partial charge is 0.394 e. The highest BCUT2D eigenvalue weighted by Crippen LogP contribution is 2.23.